The van der Waals surface area contributed by atoms with Gasteiger partial charge in [-0.05, 0) is 76.8 Å². The third kappa shape index (κ3) is 6.70. The van der Waals surface area contributed by atoms with Crippen molar-refractivity contribution in [2.75, 3.05) is 18.4 Å². The van der Waals surface area contributed by atoms with Crippen LogP contribution in [0.25, 0.3) is 10.9 Å². The molecule has 2 aromatic heterocycles. The molecule has 3 heterocycles. The Hall–Kier alpha value is -3.89. The van der Waals surface area contributed by atoms with Gasteiger partial charge < -0.3 is 19.9 Å². The van der Waals surface area contributed by atoms with Crippen LogP contribution in [0.2, 0.25) is 0 Å². The van der Waals surface area contributed by atoms with Crippen LogP contribution in [0, 0.1) is 11.3 Å². The molecule has 2 aliphatic rings. The Kier molecular flexibility index (Phi) is 8.54. The molecule has 1 aliphatic carbocycles. The highest BCUT2D eigenvalue weighted by atomic mass is 32.2. The van der Waals surface area contributed by atoms with Gasteiger partial charge in [0.25, 0.3) is 5.56 Å². The topological polar surface area (TPSA) is 162 Å². The Bertz CT molecular complexity index is 1670. The number of anilines is 2. The van der Waals surface area contributed by atoms with E-state index in [0.717, 1.165) is 32.1 Å². The maximum atomic E-state index is 13.0. The Morgan fingerprint density at radius 2 is 1.81 bits per heavy atom. The first-order chi connectivity index (χ1) is 20.4. The van der Waals surface area contributed by atoms with E-state index in [1.807, 2.05) is 20.8 Å². The van der Waals surface area contributed by atoms with Crippen LogP contribution in [0.4, 0.5) is 16.3 Å². The third-order valence-electron chi connectivity index (χ3n) is 8.16. The molecule has 0 bridgehead atoms. The van der Waals surface area contributed by atoms with Crippen LogP contribution in [-0.4, -0.2) is 58.9 Å². The van der Waals surface area contributed by atoms with Crippen LogP contribution in [0.1, 0.15) is 72.1 Å². The molecule has 1 aliphatic heterocycles. The summed E-state index contributed by atoms with van der Waals surface area (Å²) in [6.45, 7) is 6.19. The molecule has 1 saturated heterocycles. The van der Waals surface area contributed by atoms with Crippen LogP contribution >= 0.6 is 0 Å². The zero-order valence-electron chi connectivity index (χ0n) is 24.9. The van der Waals surface area contributed by atoms with E-state index in [-0.39, 0.29) is 22.9 Å². The summed E-state index contributed by atoms with van der Waals surface area (Å²) in [6, 6.07) is 10.3. The zero-order chi connectivity index (χ0) is 30.8. The highest BCUT2D eigenvalue weighted by Gasteiger charge is 2.41. The minimum absolute atomic E-state index is 0.0460. The molecular formula is C30H39N7O5S. The Labute approximate surface area is 251 Å². The van der Waals surface area contributed by atoms with Gasteiger partial charge in [-0.1, -0.05) is 19.3 Å². The fourth-order valence-electron chi connectivity index (χ4n) is 5.93. The van der Waals surface area contributed by atoms with Gasteiger partial charge in [0.15, 0.2) is 5.82 Å². The van der Waals surface area contributed by atoms with E-state index in [4.69, 9.17) is 9.84 Å². The van der Waals surface area contributed by atoms with Crippen LogP contribution in [0.5, 0.6) is 0 Å². The van der Waals surface area contributed by atoms with E-state index < -0.39 is 27.3 Å². The van der Waals surface area contributed by atoms with E-state index in [1.165, 1.54) is 12.1 Å². The van der Waals surface area contributed by atoms with E-state index in [9.17, 15) is 23.3 Å². The first-order valence-corrected chi connectivity index (χ1v) is 16.2. The minimum Gasteiger partial charge on any atom is -0.444 e. The van der Waals surface area contributed by atoms with Gasteiger partial charge >= 0.3 is 6.09 Å². The number of nitrogens with zero attached hydrogens (tertiary/aromatic N) is 4. The predicted octanol–water partition coefficient (Wildman–Crippen LogP) is 4.72. The Morgan fingerprint density at radius 1 is 1.14 bits per heavy atom. The number of carbonyl (C=O) groups is 1. The van der Waals surface area contributed by atoms with Crippen molar-refractivity contribution in [1.82, 2.24) is 24.4 Å². The number of aromatic nitrogens is 3. The summed E-state index contributed by atoms with van der Waals surface area (Å²) >= 11 is 0. The fourth-order valence-corrected chi connectivity index (χ4v) is 7.24. The molecule has 13 heteroatoms. The average Bonchev–Trinajstić information content (AvgIpc) is 3.33. The highest BCUT2D eigenvalue weighted by Crippen LogP contribution is 2.38. The highest BCUT2D eigenvalue weighted by molar-refractivity contribution is 7.89. The SMILES string of the molecule is CC(C)(C)OC(=O)N1CCC(CC#N)(n2nc(Nc3ccc(S(=O)(=O)NC4CCCCC4)cc3)c3c(=O)[nH]ccc32)CC1. The lowest BCUT2D eigenvalue weighted by molar-refractivity contribution is 0.0110. The standard InChI is InChI=1S/C30H39N7O5S/c1-29(2,3)42-28(39)36-19-15-30(14-17-31,16-20-36)37-24-13-18-32-27(38)25(24)26(34-37)33-21-9-11-23(12-10-21)43(40,41)35-22-7-5-4-6-8-22/h9-13,18,22,35H,4-8,14-16,19-20H2,1-3H3,(H,32,38)(H,33,34). The summed E-state index contributed by atoms with van der Waals surface area (Å²) < 4.78 is 36.0. The van der Waals surface area contributed by atoms with Gasteiger partial charge in [-0.15, -0.1) is 0 Å². The second-order valence-electron chi connectivity index (χ2n) is 12.5. The molecule has 1 aromatic carbocycles. The summed E-state index contributed by atoms with van der Waals surface area (Å²) in [7, 11) is -3.66. The molecule has 5 rings (SSSR count). The maximum Gasteiger partial charge on any atom is 0.410 e. The quantitative estimate of drug-likeness (QED) is 0.347. The summed E-state index contributed by atoms with van der Waals surface area (Å²) in [4.78, 5) is 30.2. The van der Waals surface area contributed by atoms with Gasteiger partial charge in [-0.3, -0.25) is 9.48 Å². The average molecular weight is 610 g/mol. The second kappa shape index (κ2) is 12.0. The molecule has 0 spiro atoms. The first-order valence-electron chi connectivity index (χ1n) is 14.8. The van der Waals surface area contributed by atoms with Gasteiger partial charge in [0.1, 0.15) is 11.0 Å². The van der Waals surface area contributed by atoms with Gasteiger partial charge in [0, 0.05) is 31.0 Å². The molecule has 12 nitrogen and oxygen atoms in total. The molecule has 1 amide bonds. The number of hydrogen-bond acceptors (Lipinski definition) is 8. The van der Waals surface area contributed by atoms with Crippen molar-refractivity contribution in [3.05, 3.63) is 46.9 Å². The Balaban J connectivity index is 1.40. The minimum atomic E-state index is -3.66. The van der Waals surface area contributed by atoms with E-state index in [0.29, 0.717) is 48.3 Å². The number of aromatic amines is 1. The van der Waals surface area contributed by atoms with Gasteiger partial charge in [-0.25, -0.2) is 17.9 Å². The number of pyridine rings is 1. The van der Waals surface area contributed by atoms with Gasteiger partial charge in [-0.2, -0.15) is 10.4 Å². The molecule has 0 unspecified atom stereocenters. The monoisotopic (exact) mass is 609 g/mol. The Morgan fingerprint density at radius 3 is 2.44 bits per heavy atom. The molecule has 43 heavy (non-hydrogen) atoms. The van der Waals surface area contributed by atoms with E-state index >= 15 is 0 Å². The van der Waals surface area contributed by atoms with Crippen molar-refractivity contribution >= 4 is 38.5 Å². The molecule has 3 aromatic rings. The van der Waals surface area contributed by atoms with Gasteiger partial charge in [0.05, 0.1) is 28.4 Å². The van der Waals surface area contributed by atoms with Crippen molar-refractivity contribution in [2.45, 2.75) is 94.2 Å². The summed E-state index contributed by atoms with van der Waals surface area (Å²) in [5, 5.41) is 18.1. The number of nitrogens with one attached hydrogen (secondary N) is 3. The largest absolute Gasteiger partial charge is 0.444 e. The molecule has 0 atom stereocenters. The summed E-state index contributed by atoms with van der Waals surface area (Å²) in [6.07, 6.45) is 7.04. The molecule has 0 radical (unpaired) electrons. The van der Waals surface area contributed by atoms with Crippen LogP contribution in [-0.2, 0) is 20.3 Å². The van der Waals surface area contributed by atoms with Gasteiger partial charge in [0.2, 0.25) is 10.0 Å². The number of amides is 1. The lowest BCUT2D eigenvalue weighted by Crippen LogP contribution is -2.49. The number of piperidine rings is 1. The van der Waals surface area contributed by atoms with Crippen molar-refractivity contribution in [3.63, 3.8) is 0 Å². The number of benzene rings is 1. The smallest absolute Gasteiger partial charge is 0.410 e. The number of likely N-dealkylation sites (tertiary alicyclic amines) is 1. The number of H-pyrrole nitrogens is 1. The number of rotatable bonds is 7. The fraction of sp³-hybridized carbons (Fsp3) is 0.533. The summed E-state index contributed by atoms with van der Waals surface area (Å²) in [5.74, 6) is 0.291. The number of sulfonamides is 1. The number of fused-ring (bicyclic) bond motifs is 1. The van der Waals surface area contributed by atoms with Crippen LogP contribution in [0.15, 0.2) is 46.2 Å². The number of nitriles is 1. The van der Waals surface area contributed by atoms with Crippen LogP contribution < -0.4 is 15.6 Å². The third-order valence-corrected chi connectivity index (χ3v) is 9.70. The normalized spacial score (nSPS) is 17.9. The van der Waals surface area contributed by atoms with Crippen molar-refractivity contribution in [1.29, 1.82) is 5.26 Å². The van der Waals surface area contributed by atoms with E-state index in [1.54, 1.807) is 34.0 Å². The number of carbonyl (C=O) groups excluding carboxylic acids is 1. The molecule has 1 saturated carbocycles. The number of ether oxygens (including phenoxy) is 1. The zero-order valence-corrected chi connectivity index (χ0v) is 25.7. The maximum absolute atomic E-state index is 13.0. The van der Waals surface area contributed by atoms with Crippen molar-refractivity contribution < 1.29 is 17.9 Å². The lowest BCUT2D eigenvalue weighted by Gasteiger charge is -2.41. The first kappa shape index (κ1) is 30.6. The summed E-state index contributed by atoms with van der Waals surface area (Å²) in [5.41, 5.74) is -0.599. The molecule has 2 fully saturated rings. The van der Waals surface area contributed by atoms with E-state index in [2.05, 4.69) is 21.1 Å². The van der Waals surface area contributed by atoms with Crippen molar-refractivity contribution in [2.24, 2.45) is 0 Å². The molecule has 230 valence electrons. The molecule has 3 N–H and O–H groups in total. The van der Waals surface area contributed by atoms with Crippen LogP contribution in [0.3, 0.4) is 0 Å². The number of hydrogen-bond donors (Lipinski definition) is 3. The predicted molar refractivity (Wildman–Crippen MR) is 163 cm³/mol. The van der Waals surface area contributed by atoms with Crippen molar-refractivity contribution in [3.8, 4) is 6.07 Å². The molecular weight excluding hydrogens is 570 g/mol. The lowest BCUT2D eigenvalue weighted by atomic mass is 9.85. The second-order valence-corrected chi connectivity index (χ2v) is 14.2.